The Labute approximate surface area is 391 Å². The van der Waals surface area contributed by atoms with E-state index in [9.17, 15) is 0 Å². The second-order valence-electron chi connectivity index (χ2n) is 17.4. The van der Waals surface area contributed by atoms with Gasteiger partial charge >= 0.3 is 0 Å². The lowest BCUT2D eigenvalue weighted by molar-refractivity contribution is 0.388. The zero-order valence-electron chi connectivity index (χ0n) is 38.8. The number of aliphatic imine (C=N–C) groups is 2. The van der Waals surface area contributed by atoms with Gasteiger partial charge in [-0.05, 0) is 112 Å². The van der Waals surface area contributed by atoms with E-state index in [-0.39, 0.29) is 6.17 Å². The molecule has 12 aromatic rings. The number of benzene rings is 9. The molecule has 12 rings (SSSR count). The first-order valence-corrected chi connectivity index (χ1v) is 23.6. The van der Waals surface area contributed by atoms with Gasteiger partial charge in [-0.15, -0.1) is 0 Å². The molecule has 0 radical (unpaired) electrons. The van der Waals surface area contributed by atoms with Gasteiger partial charge in [0.05, 0.1) is 27.6 Å². The van der Waals surface area contributed by atoms with Gasteiger partial charge in [0.25, 0.3) is 0 Å². The van der Waals surface area contributed by atoms with Crippen molar-refractivity contribution in [1.29, 1.82) is 0 Å². The Morgan fingerprint density at radius 1 is 0.552 bits per heavy atom. The summed E-state index contributed by atoms with van der Waals surface area (Å²) in [5.74, 6) is 0.854. The predicted molar refractivity (Wildman–Crippen MR) is 287 cm³/mol. The Morgan fingerprint density at radius 3 is 1.91 bits per heavy atom. The standard InChI is InChI=1S/C60H47N5.C2H6/c1-5-44-45(31-29-43-35-57-53(36-51(43)44)49-24-16-23-48-46-21-13-15-26-56(46)65(57)58(48)49)50-33-41(28-27-38(50)2)42-30-32-55-52(34-42)47-22-12-14-25-54(47)64(55)37-62-60(40-19-10-7-11-20-40)63(4)59(61-3)39-17-8-6-9-18-39;1-2/h6-36,59H,3,5,37H2,1-2,4H3;1-2H3/b62-60-;. The molecule has 1 atom stereocenters. The van der Waals surface area contributed by atoms with Crippen LogP contribution in [0, 0.1) is 6.92 Å². The fourth-order valence-corrected chi connectivity index (χ4v) is 10.7. The van der Waals surface area contributed by atoms with Gasteiger partial charge in [0.15, 0.2) is 0 Å². The Kier molecular flexibility index (Phi) is 10.6. The van der Waals surface area contributed by atoms with Crippen molar-refractivity contribution in [2.24, 2.45) is 9.98 Å². The molecule has 1 unspecified atom stereocenters. The molecule has 5 nitrogen and oxygen atoms in total. The molecule has 0 aliphatic heterocycles. The van der Waals surface area contributed by atoms with E-state index in [1.165, 1.54) is 93.0 Å². The van der Waals surface area contributed by atoms with Crippen molar-refractivity contribution >= 4 is 83.2 Å². The molecule has 3 heterocycles. The second-order valence-corrected chi connectivity index (χ2v) is 17.4. The van der Waals surface area contributed by atoms with E-state index in [1.807, 2.05) is 38.1 Å². The first-order chi connectivity index (χ1) is 33.0. The van der Waals surface area contributed by atoms with Crippen molar-refractivity contribution in [3.63, 3.8) is 0 Å². The Bertz CT molecular complexity index is 3840. The number of para-hydroxylation sites is 3. The first kappa shape index (κ1) is 41.7. The van der Waals surface area contributed by atoms with Crippen LogP contribution < -0.4 is 0 Å². The zero-order valence-corrected chi connectivity index (χ0v) is 38.8. The summed E-state index contributed by atoms with van der Waals surface area (Å²) < 4.78 is 4.82. The Balaban J connectivity index is 0.00000244. The van der Waals surface area contributed by atoms with Gasteiger partial charge in [0.2, 0.25) is 0 Å². The monoisotopic (exact) mass is 867 g/mol. The average Bonchev–Trinajstić information content (AvgIpc) is 4.02. The summed E-state index contributed by atoms with van der Waals surface area (Å²) in [5.41, 5.74) is 15.9. The summed E-state index contributed by atoms with van der Waals surface area (Å²) in [6.45, 7) is 13.0. The molecule has 0 saturated heterocycles. The van der Waals surface area contributed by atoms with Crippen molar-refractivity contribution in [3.8, 4) is 22.3 Å². The molecule has 0 N–H and O–H groups in total. The maximum absolute atomic E-state index is 5.37. The number of aromatic nitrogens is 2. The highest BCUT2D eigenvalue weighted by Gasteiger charge is 2.22. The molecule has 0 spiro atoms. The molecule has 9 aromatic carbocycles. The van der Waals surface area contributed by atoms with Crippen LogP contribution in [-0.2, 0) is 13.1 Å². The van der Waals surface area contributed by atoms with Crippen molar-refractivity contribution in [1.82, 2.24) is 13.9 Å². The van der Waals surface area contributed by atoms with E-state index in [2.05, 4.69) is 210 Å². The van der Waals surface area contributed by atoms with Crippen LogP contribution in [0.1, 0.15) is 49.2 Å². The first-order valence-electron chi connectivity index (χ1n) is 23.6. The van der Waals surface area contributed by atoms with Crippen LogP contribution in [-0.4, -0.2) is 33.5 Å². The van der Waals surface area contributed by atoms with E-state index in [0.717, 1.165) is 34.4 Å². The maximum atomic E-state index is 5.37. The lowest BCUT2D eigenvalue weighted by Crippen LogP contribution is -2.31. The molecule has 5 heteroatoms. The molecular weight excluding hydrogens is 815 g/mol. The number of rotatable bonds is 9. The van der Waals surface area contributed by atoms with Gasteiger partial charge in [-0.2, -0.15) is 0 Å². The molecule has 0 aliphatic carbocycles. The number of fused-ring (bicyclic) bond motifs is 10. The number of nitrogens with zero attached hydrogens (tertiary/aromatic N) is 5. The summed E-state index contributed by atoms with van der Waals surface area (Å²) in [6.07, 6.45) is 0.644. The fraction of sp³-hybridized carbons (Fsp3) is 0.129. The molecule has 0 amide bonds. The third-order valence-electron chi connectivity index (χ3n) is 13.8. The highest BCUT2D eigenvalue weighted by Crippen LogP contribution is 2.43. The number of amidine groups is 1. The van der Waals surface area contributed by atoms with E-state index in [1.54, 1.807) is 0 Å². The van der Waals surface area contributed by atoms with Crippen LogP contribution in [0.5, 0.6) is 0 Å². The minimum atomic E-state index is -0.288. The largest absolute Gasteiger partial charge is 0.334 e. The fourth-order valence-electron chi connectivity index (χ4n) is 10.7. The minimum Gasteiger partial charge on any atom is -0.334 e. The minimum absolute atomic E-state index is 0.288. The van der Waals surface area contributed by atoms with Crippen molar-refractivity contribution in [3.05, 3.63) is 210 Å². The third kappa shape index (κ3) is 6.76. The SMILES string of the molecule is C=NC(c1ccccc1)N(C)/C(=N\Cn1c2ccccc2c2cc(-c3ccc(C)c(-c4ccc5cc6c(cc5c4CC)c4cccc5c7ccccc7n6c54)c3)ccc21)c1ccccc1.CC. The van der Waals surface area contributed by atoms with E-state index >= 15 is 0 Å². The van der Waals surface area contributed by atoms with Crippen LogP contribution in [0.25, 0.3) is 92.9 Å². The summed E-state index contributed by atoms with van der Waals surface area (Å²) in [4.78, 5) is 12.1. The van der Waals surface area contributed by atoms with Crippen LogP contribution in [0.15, 0.2) is 198 Å². The van der Waals surface area contributed by atoms with Crippen molar-refractivity contribution in [2.75, 3.05) is 7.05 Å². The normalized spacial score (nSPS) is 12.5. The molecular formula is C62H53N5. The van der Waals surface area contributed by atoms with Crippen LogP contribution in [0.2, 0.25) is 0 Å². The Hall–Kier alpha value is -8.02. The number of hydrogen-bond donors (Lipinski definition) is 0. The van der Waals surface area contributed by atoms with Gasteiger partial charge in [0.1, 0.15) is 18.7 Å². The molecule has 0 fully saturated rings. The maximum Gasteiger partial charge on any atom is 0.147 e. The van der Waals surface area contributed by atoms with E-state index in [0.29, 0.717) is 6.67 Å². The van der Waals surface area contributed by atoms with Gasteiger partial charge < -0.3 is 13.9 Å². The second kappa shape index (κ2) is 17.1. The Morgan fingerprint density at radius 2 is 1.16 bits per heavy atom. The topological polar surface area (TPSA) is 37.3 Å². The number of hydrogen-bond acceptors (Lipinski definition) is 2. The number of aryl methyl sites for hydroxylation is 2. The quantitative estimate of drug-likeness (QED) is 0.105. The van der Waals surface area contributed by atoms with Gasteiger partial charge in [-0.3, -0.25) is 4.99 Å². The van der Waals surface area contributed by atoms with Crippen LogP contribution in [0.3, 0.4) is 0 Å². The lowest BCUT2D eigenvalue weighted by atomic mass is 9.88. The third-order valence-corrected chi connectivity index (χ3v) is 13.8. The molecule has 0 saturated carbocycles. The molecule has 67 heavy (non-hydrogen) atoms. The van der Waals surface area contributed by atoms with Gasteiger partial charge in [0, 0.05) is 44.9 Å². The van der Waals surface area contributed by atoms with E-state index < -0.39 is 0 Å². The molecule has 0 bridgehead atoms. The van der Waals surface area contributed by atoms with Gasteiger partial charge in [-0.25, -0.2) is 4.99 Å². The molecule has 0 aliphatic rings. The summed E-state index contributed by atoms with van der Waals surface area (Å²) >= 11 is 0. The summed E-state index contributed by atoms with van der Waals surface area (Å²) in [5, 5.41) is 10.3. The van der Waals surface area contributed by atoms with Crippen LogP contribution >= 0.6 is 0 Å². The lowest BCUT2D eigenvalue weighted by Gasteiger charge is -2.28. The van der Waals surface area contributed by atoms with E-state index in [4.69, 9.17) is 4.99 Å². The van der Waals surface area contributed by atoms with Gasteiger partial charge in [-0.1, -0.05) is 166 Å². The van der Waals surface area contributed by atoms with Crippen LogP contribution in [0.4, 0.5) is 0 Å². The average molecular weight is 868 g/mol. The van der Waals surface area contributed by atoms with Crippen molar-refractivity contribution in [2.45, 2.75) is 47.0 Å². The predicted octanol–water partition coefficient (Wildman–Crippen LogP) is 16.1. The molecule has 3 aromatic heterocycles. The van der Waals surface area contributed by atoms with Crippen molar-refractivity contribution < 1.29 is 0 Å². The highest BCUT2D eigenvalue weighted by atomic mass is 15.3. The molecule has 326 valence electrons. The smallest absolute Gasteiger partial charge is 0.147 e. The highest BCUT2D eigenvalue weighted by molar-refractivity contribution is 6.25. The summed E-state index contributed by atoms with van der Waals surface area (Å²) in [6, 6.07) is 68.4. The zero-order chi connectivity index (χ0) is 45.8. The summed E-state index contributed by atoms with van der Waals surface area (Å²) in [7, 11) is 2.06.